The number of rotatable bonds is 12. The molecule has 1 aliphatic rings. The van der Waals surface area contributed by atoms with Gasteiger partial charge in [-0.25, -0.2) is 10.2 Å². The SMILES string of the molecule is CCOC(=O)C1=C(C)NC(=S)N[C@@H]1c1ccccc1OCC(=O)NN=Cc1cccc(OC)c1OCc1cccc(Cl)c1. The van der Waals surface area contributed by atoms with E-state index < -0.39 is 17.9 Å². The van der Waals surface area contributed by atoms with Gasteiger partial charge < -0.3 is 29.6 Å². The van der Waals surface area contributed by atoms with Gasteiger partial charge in [-0.2, -0.15) is 5.10 Å². The molecule has 3 aromatic carbocycles. The van der Waals surface area contributed by atoms with Crippen molar-refractivity contribution in [3.63, 3.8) is 0 Å². The zero-order chi connectivity index (χ0) is 30.8. The van der Waals surface area contributed by atoms with Crippen LogP contribution in [0.15, 0.2) is 83.1 Å². The summed E-state index contributed by atoms with van der Waals surface area (Å²) in [5.74, 6) is 0.378. The molecule has 0 unspecified atom stereocenters. The fraction of sp³-hybridized carbons (Fsp3) is 0.226. The van der Waals surface area contributed by atoms with Crippen LogP contribution in [0.3, 0.4) is 0 Å². The Hall–Kier alpha value is -4.61. The number of thiocarbonyl (C=S) groups is 1. The Morgan fingerprint density at radius 1 is 1.07 bits per heavy atom. The Kier molecular flexibility index (Phi) is 11.0. The molecular formula is C31H31ClN4O6S. The van der Waals surface area contributed by atoms with E-state index >= 15 is 0 Å². The molecule has 0 aromatic heterocycles. The van der Waals surface area contributed by atoms with Gasteiger partial charge in [-0.05, 0) is 62.0 Å². The van der Waals surface area contributed by atoms with Gasteiger partial charge in [0, 0.05) is 21.8 Å². The molecular weight excluding hydrogens is 592 g/mol. The molecule has 1 heterocycles. The van der Waals surface area contributed by atoms with Crippen LogP contribution in [0, 0.1) is 0 Å². The second-order valence-electron chi connectivity index (χ2n) is 9.21. The number of hydrogen-bond acceptors (Lipinski definition) is 8. The molecule has 0 bridgehead atoms. The number of benzene rings is 3. The van der Waals surface area contributed by atoms with Crippen LogP contribution in [0.2, 0.25) is 5.02 Å². The number of esters is 1. The van der Waals surface area contributed by atoms with Crippen molar-refractivity contribution in [2.45, 2.75) is 26.5 Å². The first-order valence-electron chi connectivity index (χ1n) is 13.3. The summed E-state index contributed by atoms with van der Waals surface area (Å²) in [5, 5.41) is 11.1. The monoisotopic (exact) mass is 622 g/mol. The van der Waals surface area contributed by atoms with E-state index in [-0.39, 0.29) is 19.8 Å². The van der Waals surface area contributed by atoms with Gasteiger partial charge in [-0.15, -0.1) is 0 Å². The van der Waals surface area contributed by atoms with Crippen molar-refractivity contribution in [1.82, 2.24) is 16.1 Å². The lowest BCUT2D eigenvalue weighted by molar-refractivity contribution is -0.139. The summed E-state index contributed by atoms with van der Waals surface area (Å²) in [7, 11) is 1.54. The molecule has 0 spiro atoms. The van der Waals surface area contributed by atoms with Crippen molar-refractivity contribution < 1.29 is 28.5 Å². The molecule has 12 heteroatoms. The molecule has 0 saturated heterocycles. The molecule has 0 saturated carbocycles. The van der Waals surface area contributed by atoms with Gasteiger partial charge in [0.1, 0.15) is 12.4 Å². The fourth-order valence-corrected chi connectivity index (χ4v) is 4.82. The maximum Gasteiger partial charge on any atom is 0.338 e. The first-order valence-corrected chi connectivity index (χ1v) is 14.1. The molecule has 1 atom stereocenters. The Balaban J connectivity index is 1.43. The van der Waals surface area contributed by atoms with E-state index in [2.05, 4.69) is 21.2 Å². The highest BCUT2D eigenvalue weighted by molar-refractivity contribution is 7.80. The van der Waals surface area contributed by atoms with Gasteiger partial charge in [0.25, 0.3) is 5.91 Å². The van der Waals surface area contributed by atoms with E-state index in [1.54, 1.807) is 69.5 Å². The minimum atomic E-state index is -0.636. The van der Waals surface area contributed by atoms with Gasteiger partial charge >= 0.3 is 5.97 Å². The zero-order valence-electron chi connectivity index (χ0n) is 23.8. The predicted octanol–water partition coefficient (Wildman–Crippen LogP) is 4.81. The number of hydrazone groups is 1. The second-order valence-corrected chi connectivity index (χ2v) is 10.1. The van der Waals surface area contributed by atoms with Crippen molar-refractivity contribution in [2.24, 2.45) is 5.10 Å². The molecule has 0 fully saturated rings. The summed E-state index contributed by atoms with van der Waals surface area (Å²) in [6.07, 6.45) is 1.46. The third-order valence-corrected chi connectivity index (χ3v) is 6.70. The molecule has 1 aliphatic heterocycles. The average molecular weight is 623 g/mol. The second kappa shape index (κ2) is 15.0. The van der Waals surface area contributed by atoms with Gasteiger partial charge in [0.05, 0.1) is 31.5 Å². The van der Waals surface area contributed by atoms with E-state index in [1.807, 2.05) is 18.2 Å². The molecule has 4 rings (SSSR count). The number of amides is 1. The maximum absolute atomic E-state index is 12.8. The summed E-state index contributed by atoms with van der Waals surface area (Å²) in [5.41, 5.74) is 5.49. The van der Waals surface area contributed by atoms with Crippen LogP contribution >= 0.6 is 23.8 Å². The first-order chi connectivity index (χ1) is 20.8. The Labute approximate surface area is 260 Å². The number of carbonyl (C=O) groups excluding carboxylic acids is 2. The van der Waals surface area contributed by atoms with E-state index in [9.17, 15) is 9.59 Å². The van der Waals surface area contributed by atoms with Crippen molar-refractivity contribution in [1.29, 1.82) is 0 Å². The molecule has 0 radical (unpaired) electrons. The predicted molar refractivity (Wildman–Crippen MR) is 167 cm³/mol. The number of carbonyl (C=O) groups is 2. The fourth-order valence-electron chi connectivity index (χ4n) is 4.34. The van der Waals surface area contributed by atoms with E-state index in [0.29, 0.717) is 49.8 Å². The Morgan fingerprint density at radius 2 is 1.84 bits per heavy atom. The summed E-state index contributed by atoms with van der Waals surface area (Å²) >= 11 is 11.4. The highest BCUT2D eigenvalue weighted by atomic mass is 35.5. The van der Waals surface area contributed by atoms with Crippen molar-refractivity contribution in [3.8, 4) is 17.2 Å². The largest absolute Gasteiger partial charge is 0.493 e. The standard InChI is InChI=1S/C31H31ClN4O6S/c1-4-40-30(38)27-19(2)34-31(43)35-28(27)23-12-5-6-13-24(23)41-18-26(37)36-33-16-21-10-8-14-25(39-3)29(21)42-17-20-9-7-11-22(32)15-20/h5-16,28H,4,17-18H2,1-3H3,(H,36,37)(H2,34,35,43)/t28-/m1/s1. The average Bonchev–Trinajstić information content (AvgIpc) is 2.99. The lowest BCUT2D eigenvalue weighted by Gasteiger charge is -2.30. The van der Waals surface area contributed by atoms with Crippen LogP contribution in [0.5, 0.6) is 17.2 Å². The summed E-state index contributed by atoms with van der Waals surface area (Å²) in [4.78, 5) is 25.4. The highest BCUT2D eigenvalue weighted by Crippen LogP contribution is 2.34. The van der Waals surface area contributed by atoms with Crippen LogP contribution in [0.1, 0.15) is 36.6 Å². The summed E-state index contributed by atoms with van der Waals surface area (Å²) in [6, 6.07) is 19.1. The topological polar surface area (TPSA) is 120 Å². The number of para-hydroxylation sites is 2. The highest BCUT2D eigenvalue weighted by Gasteiger charge is 2.32. The number of ether oxygens (including phenoxy) is 4. The third kappa shape index (κ3) is 8.24. The molecule has 224 valence electrons. The van der Waals surface area contributed by atoms with Crippen LogP contribution in [-0.2, 0) is 20.9 Å². The van der Waals surface area contributed by atoms with Crippen LogP contribution < -0.4 is 30.3 Å². The van der Waals surface area contributed by atoms with Crippen LogP contribution in [0.25, 0.3) is 0 Å². The molecule has 3 N–H and O–H groups in total. The van der Waals surface area contributed by atoms with Gasteiger partial charge in [-0.3, -0.25) is 4.79 Å². The summed E-state index contributed by atoms with van der Waals surface area (Å²) < 4.78 is 22.6. The number of halogens is 1. The number of methoxy groups -OCH3 is 1. The number of nitrogens with zero attached hydrogens (tertiary/aromatic N) is 1. The van der Waals surface area contributed by atoms with Crippen LogP contribution in [-0.4, -0.2) is 43.5 Å². The third-order valence-electron chi connectivity index (χ3n) is 6.25. The summed E-state index contributed by atoms with van der Waals surface area (Å²) in [6.45, 7) is 3.62. The Morgan fingerprint density at radius 3 is 2.60 bits per heavy atom. The van der Waals surface area contributed by atoms with Gasteiger partial charge in [0.15, 0.2) is 23.2 Å². The molecule has 3 aromatic rings. The lowest BCUT2D eigenvalue weighted by Crippen LogP contribution is -2.45. The van der Waals surface area contributed by atoms with Crippen LogP contribution in [0.4, 0.5) is 0 Å². The van der Waals surface area contributed by atoms with E-state index in [0.717, 1.165) is 5.56 Å². The van der Waals surface area contributed by atoms with Gasteiger partial charge in [0.2, 0.25) is 0 Å². The quantitative estimate of drug-likeness (QED) is 0.113. The maximum atomic E-state index is 12.8. The van der Waals surface area contributed by atoms with Crippen molar-refractivity contribution in [2.75, 3.05) is 20.3 Å². The smallest absolute Gasteiger partial charge is 0.338 e. The zero-order valence-corrected chi connectivity index (χ0v) is 25.4. The Bertz CT molecular complexity index is 1560. The number of nitrogens with one attached hydrogen (secondary N) is 3. The molecule has 0 aliphatic carbocycles. The molecule has 10 nitrogen and oxygen atoms in total. The van der Waals surface area contributed by atoms with Gasteiger partial charge in [-0.1, -0.05) is 48.0 Å². The normalized spacial score (nSPS) is 14.5. The number of hydrogen-bond donors (Lipinski definition) is 3. The minimum Gasteiger partial charge on any atom is -0.493 e. The minimum absolute atomic E-state index is 0.219. The molecule has 1 amide bonds. The van der Waals surface area contributed by atoms with Crippen molar-refractivity contribution >= 4 is 47.0 Å². The lowest BCUT2D eigenvalue weighted by atomic mass is 9.95. The van der Waals surface area contributed by atoms with E-state index in [1.165, 1.54) is 6.21 Å². The number of allylic oxidation sites excluding steroid dienone is 1. The first kappa shape index (κ1) is 31.3. The molecule has 43 heavy (non-hydrogen) atoms. The van der Waals surface area contributed by atoms with E-state index in [4.69, 9.17) is 42.8 Å². The van der Waals surface area contributed by atoms with Crippen molar-refractivity contribution in [3.05, 3.63) is 99.7 Å².